The maximum atomic E-state index is 12.4. The molecule has 170 valence electrons. The average Bonchev–Trinajstić information content (AvgIpc) is 3.31. The first-order valence-electron chi connectivity index (χ1n) is 11.1. The molecular formula is C25H32N4O2S. The summed E-state index contributed by atoms with van der Waals surface area (Å²) in [4.78, 5) is 23.8. The standard InChI is InChI=1S/C25H32N4O2S/c1-27(2)23-13-14-28(18-23)22-9-7-21(8-10-22)26-25(30)31-29-15-11-19(12-16-29)20-5-4-6-24(17-20)32-3/h4-11,17,23H,12-16,18H2,1-3H3,(H,26,30). The van der Waals surface area contributed by atoms with Gasteiger partial charge in [-0.05, 0) is 80.7 Å². The van der Waals surface area contributed by atoms with Crippen molar-refractivity contribution in [3.63, 3.8) is 0 Å². The largest absolute Gasteiger partial charge is 0.430 e. The number of amides is 1. The quantitative estimate of drug-likeness (QED) is 0.636. The van der Waals surface area contributed by atoms with Crippen LogP contribution in [0.5, 0.6) is 0 Å². The maximum absolute atomic E-state index is 12.4. The lowest BCUT2D eigenvalue weighted by atomic mass is 10.0. The van der Waals surface area contributed by atoms with Gasteiger partial charge in [0.15, 0.2) is 0 Å². The van der Waals surface area contributed by atoms with Crippen molar-refractivity contribution in [3.8, 4) is 0 Å². The van der Waals surface area contributed by atoms with Gasteiger partial charge in [-0.15, -0.1) is 16.8 Å². The number of benzene rings is 2. The molecule has 2 aromatic carbocycles. The first-order chi connectivity index (χ1) is 15.5. The monoisotopic (exact) mass is 452 g/mol. The lowest BCUT2D eigenvalue weighted by molar-refractivity contribution is -0.0851. The number of nitrogens with zero attached hydrogens (tertiary/aromatic N) is 3. The molecule has 1 unspecified atom stereocenters. The van der Waals surface area contributed by atoms with Crippen LogP contribution >= 0.6 is 11.8 Å². The Morgan fingerprint density at radius 1 is 1.16 bits per heavy atom. The summed E-state index contributed by atoms with van der Waals surface area (Å²) in [7, 11) is 4.27. The molecule has 0 bridgehead atoms. The van der Waals surface area contributed by atoms with Gasteiger partial charge in [-0.25, -0.2) is 4.79 Å². The second-order valence-corrected chi connectivity index (χ2v) is 9.38. The minimum Gasteiger partial charge on any atom is -0.370 e. The van der Waals surface area contributed by atoms with Gasteiger partial charge in [0.1, 0.15) is 0 Å². The van der Waals surface area contributed by atoms with Crippen LogP contribution in [-0.2, 0) is 4.84 Å². The molecule has 1 saturated heterocycles. The second-order valence-electron chi connectivity index (χ2n) is 8.50. The highest BCUT2D eigenvalue weighted by atomic mass is 32.2. The first kappa shape index (κ1) is 22.7. The number of likely N-dealkylation sites (N-methyl/N-ethyl adjacent to an activating group) is 1. The van der Waals surface area contributed by atoms with Gasteiger partial charge < -0.3 is 14.6 Å². The molecule has 2 aliphatic rings. The molecule has 1 fully saturated rings. The molecule has 0 aliphatic carbocycles. The van der Waals surface area contributed by atoms with E-state index in [-0.39, 0.29) is 0 Å². The third-order valence-corrected chi connectivity index (χ3v) is 6.92. The summed E-state index contributed by atoms with van der Waals surface area (Å²) in [6.07, 6.45) is 5.80. The number of hydrogen-bond acceptors (Lipinski definition) is 6. The zero-order valence-electron chi connectivity index (χ0n) is 19.1. The molecule has 0 radical (unpaired) electrons. The molecule has 4 rings (SSSR count). The highest BCUT2D eigenvalue weighted by Gasteiger charge is 2.24. The van der Waals surface area contributed by atoms with Crippen molar-refractivity contribution in [1.29, 1.82) is 0 Å². The topological polar surface area (TPSA) is 48.1 Å². The van der Waals surface area contributed by atoms with Gasteiger partial charge >= 0.3 is 6.09 Å². The average molecular weight is 453 g/mol. The van der Waals surface area contributed by atoms with Crippen molar-refractivity contribution in [2.24, 2.45) is 0 Å². The highest BCUT2D eigenvalue weighted by Crippen LogP contribution is 2.27. The normalized spacial score (nSPS) is 19.2. The summed E-state index contributed by atoms with van der Waals surface area (Å²) in [5.41, 5.74) is 4.47. The number of anilines is 2. The number of carbonyl (C=O) groups is 1. The summed E-state index contributed by atoms with van der Waals surface area (Å²) in [5.74, 6) is 0. The van der Waals surface area contributed by atoms with E-state index in [1.165, 1.54) is 28.1 Å². The molecule has 0 spiro atoms. The molecule has 1 amide bonds. The van der Waals surface area contributed by atoms with Gasteiger partial charge in [0.2, 0.25) is 0 Å². The molecule has 1 atom stereocenters. The number of thioether (sulfide) groups is 1. The van der Waals surface area contributed by atoms with Crippen LogP contribution in [0.4, 0.5) is 16.2 Å². The van der Waals surface area contributed by atoms with Gasteiger partial charge in [0.25, 0.3) is 0 Å². The van der Waals surface area contributed by atoms with Crippen LogP contribution in [-0.4, -0.2) is 68.6 Å². The number of hydroxylamine groups is 2. The van der Waals surface area contributed by atoms with E-state index in [2.05, 4.69) is 77.9 Å². The smallest absolute Gasteiger partial charge is 0.370 e. The molecule has 2 aromatic rings. The number of rotatable bonds is 6. The lowest BCUT2D eigenvalue weighted by Gasteiger charge is -2.25. The Kier molecular flexibility index (Phi) is 7.40. The van der Waals surface area contributed by atoms with Crippen molar-refractivity contribution in [1.82, 2.24) is 9.96 Å². The predicted molar refractivity (Wildman–Crippen MR) is 133 cm³/mol. The summed E-state index contributed by atoms with van der Waals surface area (Å²) >= 11 is 1.75. The summed E-state index contributed by atoms with van der Waals surface area (Å²) in [6.45, 7) is 3.37. The number of nitrogens with one attached hydrogen (secondary N) is 1. The third-order valence-electron chi connectivity index (χ3n) is 6.20. The molecule has 2 aliphatic heterocycles. The Labute approximate surface area is 195 Å². The summed E-state index contributed by atoms with van der Waals surface area (Å²) in [5, 5.41) is 4.54. The minimum absolute atomic E-state index is 0.451. The van der Waals surface area contributed by atoms with E-state index in [0.717, 1.165) is 25.2 Å². The highest BCUT2D eigenvalue weighted by molar-refractivity contribution is 7.98. The SMILES string of the molecule is CSc1cccc(C2=CCN(OC(=O)Nc3ccc(N4CCC(N(C)C)C4)cc3)CC2)c1. The van der Waals surface area contributed by atoms with Crippen LogP contribution in [0.25, 0.3) is 5.57 Å². The van der Waals surface area contributed by atoms with Gasteiger partial charge in [0, 0.05) is 41.9 Å². The fourth-order valence-corrected chi connectivity index (χ4v) is 4.69. The number of carbonyl (C=O) groups excluding carboxylic acids is 1. The Bertz CT molecular complexity index is 961. The maximum Gasteiger partial charge on any atom is 0.430 e. The molecule has 0 aromatic heterocycles. The third kappa shape index (κ3) is 5.65. The van der Waals surface area contributed by atoms with E-state index in [1.54, 1.807) is 16.8 Å². The molecule has 2 heterocycles. The molecule has 6 nitrogen and oxygen atoms in total. The Morgan fingerprint density at radius 2 is 1.97 bits per heavy atom. The minimum atomic E-state index is -0.451. The van der Waals surface area contributed by atoms with Crippen LogP contribution in [0.3, 0.4) is 0 Å². The zero-order valence-corrected chi connectivity index (χ0v) is 19.9. The van der Waals surface area contributed by atoms with E-state index in [1.807, 2.05) is 12.1 Å². The second kappa shape index (κ2) is 10.4. The zero-order chi connectivity index (χ0) is 22.5. The van der Waals surface area contributed by atoms with Crippen LogP contribution in [0.15, 0.2) is 59.5 Å². The van der Waals surface area contributed by atoms with Gasteiger partial charge in [-0.3, -0.25) is 5.32 Å². The van der Waals surface area contributed by atoms with E-state index in [0.29, 0.717) is 19.1 Å². The molecule has 32 heavy (non-hydrogen) atoms. The van der Waals surface area contributed by atoms with Crippen LogP contribution in [0.2, 0.25) is 0 Å². The molecule has 7 heteroatoms. The van der Waals surface area contributed by atoms with Crippen molar-refractivity contribution in [2.45, 2.75) is 23.8 Å². The molecule has 1 N–H and O–H groups in total. The summed E-state index contributed by atoms with van der Waals surface area (Å²) in [6, 6.07) is 17.2. The Hall–Kier alpha value is -2.48. The van der Waals surface area contributed by atoms with Crippen molar-refractivity contribution in [2.75, 3.05) is 56.7 Å². The van der Waals surface area contributed by atoms with Gasteiger partial charge in [-0.1, -0.05) is 18.2 Å². The van der Waals surface area contributed by atoms with Crippen LogP contribution in [0, 0.1) is 0 Å². The fraction of sp³-hybridized carbons (Fsp3) is 0.400. The lowest BCUT2D eigenvalue weighted by Crippen LogP contribution is -2.33. The molecule has 0 saturated carbocycles. The number of hydrogen-bond donors (Lipinski definition) is 1. The van der Waals surface area contributed by atoms with Crippen molar-refractivity contribution in [3.05, 3.63) is 60.2 Å². The Balaban J connectivity index is 1.27. The van der Waals surface area contributed by atoms with Crippen LogP contribution < -0.4 is 10.2 Å². The van der Waals surface area contributed by atoms with Crippen molar-refractivity contribution >= 4 is 34.8 Å². The summed E-state index contributed by atoms with van der Waals surface area (Å²) < 4.78 is 0. The van der Waals surface area contributed by atoms with E-state index in [9.17, 15) is 4.79 Å². The first-order valence-corrected chi connectivity index (χ1v) is 12.3. The predicted octanol–water partition coefficient (Wildman–Crippen LogP) is 4.80. The Morgan fingerprint density at radius 3 is 2.62 bits per heavy atom. The van der Waals surface area contributed by atoms with E-state index >= 15 is 0 Å². The van der Waals surface area contributed by atoms with E-state index in [4.69, 9.17) is 4.84 Å². The van der Waals surface area contributed by atoms with Gasteiger partial charge in [-0.2, -0.15) is 0 Å². The van der Waals surface area contributed by atoms with Gasteiger partial charge in [0.05, 0.1) is 6.54 Å². The molecular weight excluding hydrogens is 420 g/mol. The van der Waals surface area contributed by atoms with E-state index < -0.39 is 6.09 Å². The van der Waals surface area contributed by atoms with Crippen LogP contribution in [0.1, 0.15) is 18.4 Å². The van der Waals surface area contributed by atoms with Crippen molar-refractivity contribution < 1.29 is 9.63 Å². The fourth-order valence-electron chi connectivity index (χ4n) is 4.23.